The zero-order valence-corrected chi connectivity index (χ0v) is 11.9. The quantitative estimate of drug-likeness (QED) is 0.741. The van der Waals surface area contributed by atoms with Crippen molar-refractivity contribution < 1.29 is 4.74 Å². The highest BCUT2D eigenvalue weighted by Crippen LogP contribution is 2.12. The first kappa shape index (κ1) is 14.9. The fraction of sp³-hybridized carbons (Fsp3) is 1.00. The van der Waals surface area contributed by atoms with Crippen molar-refractivity contribution in [3.05, 3.63) is 0 Å². The minimum Gasteiger partial charge on any atom is -0.385 e. The predicted molar refractivity (Wildman–Crippen MR) is 73.5 cm³/mol. The number of methoxy groups -OCH3 is 1. The van der Waals surface area contributed by atoms with Gasteiger partial charge in [-0.2, -0.15) is 0 Å². The van der Waals surface area contributed by atoms with Gasteiger partial charge < -0.3 is 15.0 Å². The number of ether oxygens (including phenoxy) is 1. The van der Waals surface area contributed by atoms with E-state index in [1.54, 1.807) is 7.11 Å². The van der Waals surface area contributed by atoms with Gasteiger partial charge in [0.05, 0.1) is 0 Å². The van der Waals surface area contributed by atoms with Crippen LogP contribution in [-0.4, -0.2) is 50.3 Å². The minimum atomic E-state index is 0.581. The molecular weight excluding hydrogens is 212 g/mol. The zero-order valence-electron chi connectivity index (χ0n) is 11.9. The fourth-order valence-electron chi connectivity index (χ4n) is 2.64. The SMILES string of the molecule is CCCN1CCCC(NC(C)CCOC)CC1. The molecule has 3 heteroatoms. The van der Waals surface area contributed by atoms with Crippen LogP contribution in [0, 0.1) is 0 Å². The molecule has 0 bridgehead atoms. The summed E-state index contributed by atoms with van der Waals surface area (Å²) in [7, 11) is 1.78. The minimum absolute atomic E-state index is 0.581. The van der Waals surface area contributed by atoms with E-state index in [-0.39, 0.29) is 0 Å². The van der Waals surface area contributed by atoms with Gasteiger partial charge in [-0.1, -0.05) is 6.92 Å². The predicted octanol–water partition coefficient (Wildman–Crippen LogP) is 2.27. The van der Waals surface area contributed by atoms with Crippen LogP contribution in [0.5, 0.6) is 0 Å². The molecule has 17 heavy (non-hydrogen) atoms. The number of rotatable bonds is 7. The summed E-state index contributed by atoms with van der Waals surface area (Å²) in [4.78, 5) is 2.61. The summed E-state index contributed by atoms with van der Waals surface area (Å²) >= 11 is 0. The molecule has 0 aromatic carbocycles. The van der Waals surface area contributed by atoms with Crippen molar-refractivity contribution in [2.45, 2.75) is 58.0 Å². The summed E-state index contributed by atoms with van der Waals surface area (Å²) in [5.74, 6) is 0. The lowest BCUT2D eigenvalue weighted by Crippen LogP contribution is -2.38. The van der Waals surface area contributed by atoms with Gasteiger partial charge in [0.25, 0.3) is 0 Å². The highest BCUT2D eigenvalue weighted by Gasteiger charge is 2.17. The van der Waals surface area contributed by atoms with Crippen LogP contribution in [0.1, 0.15) is 46.0 Å². The average Bonchev–Trinajstić information content (AvgIpc) is 2.53. The van der Waals surface area contributed by atoms with Crippen molar-refractivity contribution in [3.8, 4) is 0 Å². The van der Waals surface area contributed by atoms with Crippen LogP contribution in [0.15, 0.2) is 0 Å². The largest absolute Gasteiger partial charge is 0.385 e. The lowest BCUT2D eigenvalue weighted by molar-refractivity contribution is 0.181. The topological polar surface area (TPSA) is 24.5 Å². The maximum absolute atomic E-state index is 5.13. The fourth-order valence-corrected chi connectivity index (χ4v) is 2.64. The summed E-state index contributed by atoms with van der Waals surface area (Å²) in [5, 5.41) is 3.75. The van der Waals surface area contributed by atoms with Gasteiger partial charge in [-0.3, -0.25) is 0 Å². The van der Waals surface area contributed by atoms with Gasteiger partial charge in [0.15, 0.2) is 0 Å². The molecule has 0 aliphatic carbocycles. The van der Waals surface area contributed by atoms with Gasteiger partial charge in [-0.15, -0.1) is 0 Å². The van der Waals surface area contributed by atoms with E-state index >= 15 is 0 Å². The van der Waals surface area contributed by atoms with Crippen molar-refractivity contribution in [2.24, 2.45) is 0 Å². The highest BCUT2D eigenvalue weighted by atomic mass is 16.5. The number of nitrogens with zero attached hydrogens (tertiary/aromatic N) is 1. The van der Waals surface area contributed by atoms with Gasteiger partial charge in [0.2, 0.25) is 0 Å². The Morgan fingerprint density at radius 2 is 2.18 bits per heavy atom. The van der Waals surface area contributed by atoms with E-state index in [1.165, 1.54) is 45.3 Å². The molecular formula is C14H30N2O. The maximum Gasteiger partial charge on any atom is 0.0476 e. The standard InChI is InChI=1S/C14H30N2O/c1-4-9-16-10-5-6-14(7-11-16)15-13(2)8-12-17-3/h13-15H,4-12H2,1-3H3. The molecule has 0 amide bonds. The summed E-state index contributed by atoms with van der Waals surface area (Å²) in [5.41, 5.74) is 0. The summed E-state index contributed by atoms with van der Waals surface area (Å²) in [6.45, 7) is 9.23. The van der Waals surface area contributed by atoms with Crippen molar-refractivity contribution >= 4 is 0 Å². The van der Waals surface area contributed by atoms with Gasteiger partial charge in [-0.05, 0) is 58.7 Å². The second-order valence-electron chi connectivity index (χ2n) is 5.32. The van der Waals surface area contributed by atoms with E-state index < -0.39 is 0 Å². The number of nitrogens with one attached hydrogen (secondary N) is 1. The number of hydrogen-bond acceptors (Lipinski definition) is 3. The Hall–Kier alpha value is -0.120. The van der Waals surface area contributed by atoms with E-state index in [9.17, 15) is 0 Å². The summed E-state index contributed by atoms with van der Waals surface area (Å²) in [6.07, 6.45) is 6.37. The van der Waals surface area contributed by atoms with Crippen LogP contribution in [-0.2, 0) is 4.74 Å². The first-order chi connectivity index (χ1) is 8.26. The molecule has 0 aromatic rings. The zero-order chi connectivity index (χ0) is 12.5. The van der Waals surface area contributed by atoms with Crippen LogP contribution in [0.2, 0.25) is 0 Å². The molecule has 1 aliphatic rings. The first-order valence-corrected chi connectivity index (χ1v) is 7.23. The van der Waals surface area contributed by atoms with Gasteiger partial charge in [-0.25, -0.2) is 0 Å². The van der Waals surface area contributed by atoms with E-state index in [1.807, 2.05) is 0 Å². The lowest BCUT2D eigenvalue weighted by atomic mass is 10.1. The Balaban J connectivity index is 2.21. The van der Waals surface area contributed by atoms with E-state index in [0.29, 0.717) is 12.1 Å². The Labute approximate surface area is 107 Å². The van der Waals surface area contributed by atoms with Crippen molar-refractivity contribution in [3.63, 3.8) is 0 Å². The molecule has 1 saturated heterocycles. The Morgan fingerprint density at radius 3 is 2.88 bits per heavy atom. The summed E-state index contributed by atoms with van der Waals surface area (Å²) in [6, 6.07) is 1.29. The molecule has 1 heterocycles. The molecule has 0 saturated carbocycles. The Kier molecular flexibility index (Phi) is 7.82. The Bertz CT molecular complexity index is 187. The molecule has 1 N–H and O–H groups in total. The van der Waals surface area contributed by atoms with Crippen LogP contribution in [0.4, 0.5) is 0 Å². The van der Waals surface area contributed by atoms with E-state index in [2.05, 4.69) is 24.1 Å². The van der Waals surface area contributed by atoms with Crippen LogP contribution in [0.25, 0.3) is 0 Å². The molecule has 1 rings (SSSR count). The third-order valence-electron chi connectivity index (χ3n) is 3.64. The molecule has 1 fully saturated rings. The van der Waals surface area contributed by atoms with Crippen molar-refractivity contribution in [1.82, 2.24) is 10.2 Å². The van der Waals surface area contributed by atoms with Gasteiger partial charge >= 0.3 is 0 Å². The van der Waals surface area contributed by atoms with Crippen molar-refractivity contribution in [1.29, 1.82) is 0 Å². The monoisotopic (exact) mass is 242 g/mol. The lowest BCUT2D eigenvalue weighted by Gasteiger charge is -2.22. The molecule has 0 spiro atoms. The maximum atomic E-state index is 5.13. The third kappa shape index (κ3) is 6.39. The average molecular weight is 242 g/mol. The molecule has 0 radical (unpaired) electrons. The van der Waals surface area contributed by atoms with Crippen LogP contribution >= 0.6 is 0 Å². The number of likely N-dealkylation sites (tertiary alicyclic amines) is 1. The smallest absolute Gasteiger partial charge is 0.0476 e. The first-order valence-electron chi connectivity index (χ1n) is 7.23. The second kappa shape index (κ2) is 8.90. The van der Waals surface area contributed by atoms with Crippen molar-refractivity contribution in [2.75, 3.05) is 33.4 Å². The molecule has 2 atom stereocenters. The van der Waals surface area contributed by atoms with Gasteiger partial charge in [0, 0.05) is 25.8 Å². The second-order valence-corrected chi connectivity index (χ2v) is 5.32. The number of hydrogen-bond donors (Lipinski definition) is 1. The van der Waals surface area contributed by atoms with Gasteiger partial charge in [0.1, 0.15) is 0 Å². The molecule has 102 valence electrons. The van der Waals surface area contributed by atoms with E-state index in [4.69, 9.17) is 4.74 Å². The van der Waals surface area contributed by atoms with Crippen LogP contribution < -0.4 is 5.32 Å². The molecule has 1 aliphatic heterocycles. The third-order valence-corrected chi connectivity index (χ3v) is 3.64. The molecule has 3 nitrogen and oxygen atoms in total. The summed E-state index contributed by atoms with van der Waals surface area (Å²) < 4.78 is 5.13. The van der Waals surface area contributed by atoms with E-state index in [0.717, 1.165) is 13.0 Å². The normalized spacial score (nSPS) is 24.5. The van der Waals surface area contributed by atoms with Crippen LogP contribution in [0.3, 0.4) is 0 Å². The Morgan fingerprint density at radius 1 is 1.35 bits per heavy atom. The molecule has 2 unspecified atom stereocenters. The highest BCUT2D eigenvalue weighted by molar-refractivity contribution is 4.77. The molecule has 0 aromatic heterocycles.